The van der Waals surface area contributed by atoms with Crippen LogP contribution in [0.25, 0.3) is 10.9 Å². The zero-order valence-electron chi connectivity index (χ0n) is 16.2. The van der Waals surface area contributed by atoms with Crippen molar-refractivity contribution in [2.45, 2.75) is 18.4 Å². The average molecular weight is 502 g/mol. The van der Waals surface area contributed by atoms with E-state index in [4.69, 9.17) is 8.60 Å². The van der Waals surface area contributed by atoms with Crippen LogP contribution >= 0.6 is 15.9 Å². The van der Waals surface area contributed by atoms with Gasteiger partial charge in [-0.05, 0) is 59.3 Å². The maximum absolute atomic E-state index is 12.9. The first-order valence-corrected chi connectivity index (χ1v) is 11.3. The number of hydrogen-bond donors (Lipinski definition) is 1. The number of furan rings is 1. The van der Waals surface area contributed by atoms with Gasteiger partial charge in [0.2, 0.25) is 5.75 Å². The van der Waals surface area contributed by atoms with E-state index in [-0.39, 0.29) is 28.4 Å². The van der Waals surface area contributed by atoms with Crippen LogP contribution in [0.5, 0.6) is 5.75 Å². The summed E-state index contributed by atoms with van der Waals surface area (Å²) in [5.41, 5.74) is 0.859. The van der Waals surface area contributed by atoms with Crippen LogP contribution in [0.1, 0.15) is 21.8 Å². The van der Waals surface area contributed by atoms with Crippen LogP contribution in [0.4, 0.5) is 0 Å². The summed E-state index contributed by atoms with van der Waals surface area (Å²) in [4.78, 5) is 21.3. The minimum atomic E-state index is -4.24. The highest BCUT2D eigenvalue weighted by Gasteiger charge is 2.26. The highest BCUT2D eigenvalue weighted by Crippen LogP contribution is 2.33. The van der Waals surface area contributed by atoms with Gasteiger partial charge in [0.25, 0.3) is 5.91 Å². The molecule has 4 aromatic rings. The van der Waals surface area contributed by atoms with Gasteiger partial charge in [-0.1, -0.05) is 17.7 Å². The van der Waals surface area contributed by atoms with Gasteiger partial charge < -0.3 is 13.9 Å². The molecule has 1 amide bonds. The van der Waals surface area contributed by atoms with Gasteiger partial charge in [0.05, 0.1) is 12.8 Å². The topological polar surface area (TPSA) is 111 Å². The fourth-order valence-corrected chi connectivity index (χ4v) is 4.27. The average Bonchev–Trinajstić information content (AvgIpc) is 3.28. The lowest BCUT2D eigenvalue weighted by Crippen LogP contribution is -2.25. The number of amides is 1. The number of hydrogen-bond acceptors (Lipinski definition) is 7. The molecule has 31 heavy (non-hydrogen) atoms. The van der Waals surface area contributed by atoms with Crippen molar-refractivity contribution in [2.24, 2.45) is 0 Å². The number of halogens is 1. The first-order valence-electron chi connectivity index (χ1n) is 9.11. The molecule has 10 heteroatoms. The molecule has 1 aromatic carbocycles. The summed E-state index contributed by atoms with van der Waals surface area (Å²) in [6.07, 6.45) is 2.96. The predicted octanol–water partition coefficient (Wildman–Crippen LogP) is 3.99. The van der Waals surface area contributed by atoms with Gasteiger partial charge in [-0.3, -0.25) is 9.78 Å². The zero-order chi connectivity index (χ0) is 22.0. The summed E-state index contributed by atoms with van der Waals surface area (Å²) in [6.45, 7) is 1.93. The molecule has 158 valence electrons. The molecule has 0 aliphatic rings. The van der Waals surface area contributed by atoms with E-state index in [1.165, 1.54) is 24.6 Å². The number of fused-ring (bicyclic) bond motifs is 1. The maximum Gasteiger partial charge on any atom is 0.339 e. The van der Waals surface area contributed by atoms with Crippen molar-refractivity contribution < 1.29 is 21.8 Å². The van der Waals surface area contributed by atoms with Crippen LogP contribution in [-0.2, 0) is 16.7 Å². The van der Waals surface area contributed by atoms with Crippen LogP contribution in [0, 0.1) is 6.92 Å². The molecule has 0 atom stereocenters. The van der Waals surface area contributed by atoms with E-state index in [1.54, 1.807) is 36.4 Å². The molecule has 4 rings (SSSR count). The number of carbonyl (C=O) groups excluding carboxylic acids is 1. The molecular formula is C21H16BrN3O5S. The minimum absolute atomic E-state index is 0.0490. The Balaban J connectivity index is 1.78. The van der Waals surface area contributed by atoms with Crippen molar-refractivity contribution in [1.82, 2.24) is 15.3 Å². The monoisotopic (exact) mass is 501 g/mol. The Kier molecular flexibility index (Phi) is 5.75. The Morgan fingerprint density at radius 1 is 1.16 bits per heavy atom. The third-order valence-electron chi connectivity index (χ3n) is 4.39. The molecule has 0 saturated carbocycles. The van der Waals surface area contributed by atoms with Crippen LogP contribution in [0.3, 0.4) is 0 Å². The summed E-state index contributed by atoms with van der Waals surface area (Å²) in [5, 5.41) is 3.15. The molecule has 3 aromatic heterocycles. The fourth-order valence-electron chi connectivity index (χ4n) is 2.83. The van der Waals surface area contributed by atoms with Gasteiger partial charge in [-0.2, -0.15) is 8.42 Å². The van der Waals surface area contributed by atoms with E-state index < -0.39 is 16.0 Å². The summed E-state index contributed by atoms with van der Waals surface area (Å²) >= 11 is 3.32. The molecule has 0 saturated heterocycles. The molecule has 1 N–H and O–H groups in total. The predicted molar refractivity (Wildman–Crippen MR) is 116 cm³/mol. The smallest absolute Gasteiger partial charge is 0.339 e. The number of rotatable bonds is 6. The lowest BCUT2D eigenvalue weighted by Gasteiger charge is -2.14. The second kappa shape index (κ2) is 8.48. The summed E-state index contributed by atoms with van der Waals surface area (Å²) in [7, 11) is -4.24. The van der Waals surface area contributed by atoms with Crippen molar-refractivity contribution >= 4 is 42.9 Å². The summed E-state index contributed by atoms with van der Waals surface area (Å²) in [6, 6.07) is 12.9. The Bertz CT molecular complexity index is 1350. The summed E-state index contributed by atoms with van der Waals surface area (Å²) in [5.74, 6) is -0.365. The molecule has 0 radical (unpaired) electrons. The molecule has 0 bridgehead atoms. The maximum atomic E-state index is 12.9. The highest BCUT2D eigenvalue weighted by molar-refractivity contribution is 9.10. The molecule has 0 spiro atoms. The number of benzene rings is 1. The van der Waals surface area contributed by atoms with Gasteiger partial charge in [0.15, 0.2) is 5.69 Å². The number of aryl methyl sites for hydroxylation is 1. The van der Waals surface area contributed by atoms with Crippen LogP contribution in [0.15, 0.2) is 74.9 Å². The van der Waals surface area contributed by atoms with Crippen LogP contribution in [-0.4, -0.2) is 24.3 Å². The van der Waals surface area contributed by atoms with Gasteiger partial charge in [-0.25, -0.2) is 4.98 Å². The Labute approximate surface area is 186 Å². The van der Waals surface area contributed by atoms with E-state index in [2.05, 4.69) is 31.2 Å². The van der Waals surface area contributed by atoms with Crippen LogP contribution < -0.4 is 9.50 Å². The van der Waals surface area contributed by atoms with Crippen molar-refractivity contribution in [3.8, 4) is 5.75 Å². The quantitative estimate of drug-likeness (QED) is 0.314. The standard InChI is InChI=1S/C21H16BrN3O5S/c1-13-6-8-15(9-7-13)31(27,28)30-19-17-16(5-2-10-23-17)20(22)25-18(19)21(26)24-12-14-4-3-11-29-14/h2-11H,12H2,1H3,(H,24,26). The normalized spacial score (nSPS) is 11.4. The second-order valence-electron chi connectivity index (χ2n) is 6.59. The highest BCUT2D eigenvalue weighted by atomic mass is 79.9. The van der Waals surface area contributed by atoms with Gasteiger partial charge in [0.1, 0.15) is 20.8 Å². The number of nitrogens with one attached hydrogen (secondary N) is 1. The molecule has 0 unspecified atom stereocenters. The van der Waals surface area contributed by atoms with Gasteiger partial charge in [0, 0.05) is 11.6 Å². The molecule has 0 fully saturated rings. The molecule has 0 aliphatic heterocycles. The van der Waals surface area contributed by atoms with Gasteiger partial charge in [-0.15, -0.1) is 0 Å². The number of carbonyl (C=O) groups is 1. The first kappa shape index (κ1) is 21.0. The van der Waals surface area contributed by atoms with E-state index >= 15 is 0 Å². The SMILES string of the molecule is Cc1ccc(S(=O)(=O)Oc2c(C(=O)NCc3ccco3)nc(Br)c3cccnc23)cc1. The summed E-state index contributed by atoms with van der Waals surface area (Å²) < 4.78 is 36.8. The molecule has 0 aliphatic carbocycles. The van der Waals surface area contributed by atoms with Crippen molar-refractivity contribution in [1.29, 1.82) is 0 Å². The fraction of sp³-hybridized carbons (Fsp3) is 0.0952. The molecule has 3 heterocycles. The van der Waals surface area contributed by atoms with Crippen molar-refractivity contribution in [3.05, 3.63) is 82.6 Å². The Morgan fingerprint density at radius 3 is 2.65 bits per heavy atom. The zero-order valence-corrected chi connectivity index (χ0v) is 18.6. The van der Waals surface area contributed by atoms with Crippen LogP contribution in [0.2, 0.25) is 0 Å². The van der Waals surface area contributed by atoms with E-state index in [0.29, 0.717) is 15.7 Å². The third-order valence-corrected chi connectivity index (χ3v) is 6.23. The Hall–Kier alpha value is -3.24. The minimum Gasteiger partial charge on any atom is -0.467 e. The lowest BCUT2D eigenvalue weighted by molar-refractivity contribution is 0.0941. The van der Waals surface area contributed by atoms with Crippen molar-refractivity contribution in [3.63, 3.8) is 0 Å². The van der Waals surface area contributed by atoms with E-state index in [9.17, 15) is 13.2 Å². The number of pyridine rings is 2. The van der Waals surface area contributed by atoms with E-state index in [1.807, 2.05) is 6.92 Å². The van der Waals surface area contributed by atoms with Crippen molar-refractivity contribution in [2.75, 3.05) is 0 Å². The largest absolute Gasteiger partial charge is 0.467 e. The van der Waals surface area contributed by atoms with Gasteiger partial charge >= 0.3 is 10.1 Å². The Morgan fingerprint density at radius 2 is 1.94 bits per heavy atom. The number of nitrogens with zero attached hydrogens (tertiary/aromatic N) is 2. The number of aromatic nitrogens is 2. The first-order chi connectivity index (χ1) is 14.8. The molecular weight excluding hydrogens is 486 g/mol. The molecule has 8 nitrogen and oxygen atoms in total. The lowest BCUT2D eigenvalue weighted by atomic mass is 10.2. The third kappa shape index (κ3) is 4.44. The second-order valence-corrected chi connectivity index (χ2v) is 8.89. The van der Waals surface area contributed by atoms with E-state index in [0.717, 1.165) is 5.56 Å².